The van der Waals surface area contributed by atoms with Gasteiger partial charge in [0.15, 0.2) is 0 Å². The van der Waals surface area contributed by atoms with E-state index in [0.717, 1.165) is 18.7 Å². The van der Waals surface area contributed by atoms with Crippen LogP contribution in [0.25, 0.3) is 5.69 Å². The number of hydrogen-bond donors (Lipinski definition) is 1. The quantitative estimate of drug-likeness (QED) is 0.779. The van der Waals surface area contributed by atoms with E-state index in [2.05, 4.69) is 15.3 Å². The summed E-state index contributed by atoms with van der Waals surface area (Å²) in [6, 6.07) is 6.54. The molecule has 1 aliphatic heterocycles. The first-order chi connectivity index (χ1) is 13.0. The number of nitrogens with zero attached hydrogens (tertiary/aromatic N) is 4. The number of ether oxygens (including phenoxy) is 1. The van der Waals surface area contributed by atoms with E-state index in [-0.39, 0.29) is 11.7 Å². The van der Waals surface area contributed by atoms with E-state index in [1.807, 2.05) is 25.2 Å². The number of benzene rings is 1. The van der Waals surface area contributed by atoms with Crippen molar-refractivity contribution >= 4 is 5.91 Å². The maximum atomic E-state index is 13.9. The van der Waals surface area contributed by atoms with Crippen LogP contribution in [-0.2, 0) is 16.1 Å². The Labute approximate surface area is 158 Å². The molecule has 0 saturated carbocycles. The highest BCUT2D eigenvalue weighted by atomic mass is 19.1. The zero-order chi connectivity index (χ0) is 19.2. The maximum Gasteiger partial charge on any atom is 0.250 e. The van der Waals surface area contributed by atoms with Crippen molar-refractivity contribution in [2.75, 3.05) is 46.9 Å². The average Bonchev–Trinajstić information content (AvgIpc) is 3.10. The lowest BCUT2D eigenvalue weighted by atomic mass is 10.2. The third-order valence-electron chi connectivity index (χ3n) is 4.44. The molecule has 8 heteroatoms. The van der Waals surface area contributed by atoms with E-state index in [4.69, 9.17) is 4.74 Å². The molecule has 1 fully saturated rings. The first-order valence-corrected chi connectivity index (χ1v) is 9.08. The Hall–Kier alpha value is -2.29. The fourth-order valence-electron chi connectivity index (χ4n) is 2.99. The van der Waals surface area contributed by atoms with Crippen LogP contribution in [0.3, 0.4) is 0 Å². The second-order valence-corrected chi connectivity index (χ2v) is 6.93. The van der Waals surface area contributed by atoms with Gasteiger partial charge in [-0.1, -0.05) is 12.1 Å². The Bertz CT molecular complexity index is 764. The lowest BCUT2D eigenvalue weighted by Gasteiger charge is -2.31. The highest BCUT2D eigenvalue weighted by Crippen LogP contribution is 2.15. The Morgan fingerprint density at radius 2 is 2.22 bits per heavy atom. The third kappa shape index (κ3) is 5.35. The van der Waals surface area contributed by atoms with Crippen LogP contribution in [0.2, 0.25) is 0 Å². The van der Waals surface area contributed by atoms with Crippen molar-refractivity contribution in [3.8, 4) is 5.69 Å². The first-order valence-electron chi connectivity index (χ1n) is 9.08. The molecule has 0 aliphatic carbocycles. The number of morpholine rings is 1. The molecule has 1 atom stereocenters. The van der Waals surface area contributed by atoms with Gasteiger partial charge in [-0.3, -0.25) is 9.69 Å². The van der Waals surface area contributed by atoms with Gasteiger partial charge in [0.25, 0.3) is 5.91 Å². The molecule has 2 aromatic rings. The smallest absolute Gasteiger partial charge is 0.250 e. The molecule has 0 radical (unpaired) electrons. The number of halogens is 1. The summed E-state index contributed by atoms with van der Waals surface area (Å²) in [6.07, 6.45) is 3.08. The van der Waals surface area contributed by atoms with Crippen molar-refractivity contribution in [1.29, 1.82) is 0 Å². The van der Waals surface area contributed by atoms with Crippen molar-refractivity contribution in [2.45, 2.75) is 12.6 Å². The van der Waals surface area contributed by atoms with Crippen LogP contribution in [-0.4, -0.2) is 78.5 Å². The molecule has 1 N–H and O–H groups in total. The van der Waals surface area contributed by atoms with E-state index < -0.39 is 6.10 Å². The number of rotatable bonds is 7. The summed E-state index contributed by atoms with van der Waals surface area (Å²) in [6.45, 7) is 3.80. The Morgan fingerprint density at radius 3 is 3.00 bits per heavy atom. The van der Waals surface area contributed by atoms with Crippen LogP contribution in [0.4, 0.5) is 4.39 Å². The van der Waals surface area contributed by atoms with Crippen LogP contribution >= 0.6 is 0 Å². The zero-order valence-corrected chi connectivity index (χ0v) is 15.8. The standard InChI is InChI=1S/C19H26FN5O2/c1-23(2)8-7-21-19(26)18-14-24(9-10-27-18)12-15-11-22-25(13-15)17-6-4-3-5-16(17)20/h3-6,11,13,18H,7-10,12,14H2,1-2H3,(H,21,26)/t18-/m1/s1. The van der Waals surface area contributed by atoms with Crippen LogP contribution < -0.4 is 5.32 Å². The normalized spacial score (nSPS) is 18.0. The molecule has 7 nitrogen and oxygen atoms in total. The van der Waals surface area contributed by atoms with Crippen molar-refractivity contribution in [2.24, 2.45) is 0 Å². The van der Waals surface area contributed by atoms with Gasteiger partial charge in [-0.2, -0.15) is 5.10 Å². The Balaban J connectivity index is 1.55. The largest absolute Gasteiger partial charge is 0.366 e. The van der Waals surface area contributed by atoms with Gasteiger partial charge < -0.3 is 15.0 Å². The monoisotopic (exact) mass is 375 g/mol. The minimum Gasteiger partial charge on any atom is -0.366 e. The second kappa shape index (κ2) is 9.07. The molecule has 3 rings (SSSR count). The van der Waals surface area contributed by atoms with Gasteiger partial charge in [-0.25, -0.2) is 9.07 Å². The van der Waals surface area contributed by atoms with Gasteiger partial charge in [0.1, 0.15) is 17.6 Å². The van der Waals surface area contributed by atoms with Crippen LogP contribution in [0.1, 0.15) is 5.56 Å². The molecular weight excluding hydrogens is 349 g/mol. The first kappa shape index (κ1) is 19.5. The summed E-state index contributed by atoms with van der Waals surface area (Å²) in [4.78, 5) is 16.4. The summed E-state index contributed by atoms with van der Waals surface area (Å²) in [5, 5.41) is 7.17. The summed E-state index contributed by atoms with van der Waals surface area (Å²) in [5.74, 6) is -0.392. The van der Waals surface area contributed by atoms with Crippen molar-refractivity contribution in [3.63, 3.8) is 0 Å². The SMILES string of the molecule is CN(C)CCNC(=O)[C@H]1CN(Cc2cnn(-c3ccccc3F)c2)CCO1. The fourth-order valence-corrected chi connectivity index (χ4v) is 2.99. The molecule has 0 unspecified atom stereocenters. The summed E-state index contributed by atoms with van der Waals surface area (Å²) in [5.41, 5.74) is 1.38. The Morgan fingerprint density at radius 1 is 1.41 bits per heavy atom. The predicted octanol–water partition coefficient (Wildman–Crippen LogP) is 0.890. The molecule has 27 heavy (non-hydrogen) atoms. The minimum atomic E-state index is -0.470. The average molecular weight is 375 g/mol. The second-order valence-electron chi connectivity index (χ2n) is 6.93. The van der Waals surface area contributed by atoms with E-state index in [1.54, 1.807) is 24.4 Å². The van der Waals surface area contributed by atoms with Crippen LogP contribution in [0.15, 0.2) is 36.7 Å². The lowest BCUT2D eigenvalue weighted by molar-refractivity contribution is -0.138. The van der Waals surface area contributed by atoms with Crippen molar-refractivity contribution < 1.29 is 13.9 Å². The van der Waals surface area contributed by atoms with Gasteiger partial charge in [0.05, 0.1) is 12.8 Å². The summed E-state index contributed by atoms with van der Waals surface area (Å²) >= 11 is 0. The topological polar surface area (TPSA) is 62.6 Å². The van der Waals surface area contributed by atoms with Gasteiger partial charge in [-0.05, 0) is 26.2 Å². The Kier molecular flexibility index (Phi) is 6.54. The highest BCUT2D eigenvalue weighted by molar-refractivity contribution is 5.81. The predicted molar refractivity (Wildman–Crippen MR) is 100 cm³/mol. The molecule has 1 aromatic carbocycles. The number of likely N-dealkylation sites (N-methyl/N-ethyl adjacent to an activating group) is 1. The van der Waals surface area contributed by atoms with Crippen molar-refractivity contribution in [3.05, 3.63) is 48.0 Å². The van der Waals surface area contributed by atoms with Gasteiger partial charge in [0.2, 0.25) is 0 Å². The molecule has 1 aromatic heterocycles. The number of nitrogens with one attached hydrogen (secondary N) is 1. The molecule has 2 heterocycles. The van der Waals surface area contributed by atoms with E-state index in [9.17, 15) is 9.18 Å². The zero-order valence-electron chi connectivity index (χ0n) is 15.8. The highest BCUT2D eigenvalue weighted by Gasteiger charge is 2.26. The number of carbonyl (C=O) groups excluding carboxylic acids is 1. The number of carbonyl (C=O) groups is 1. The molecule has 1 amide bonds. The summed E-state index contributed by atoms with van der Waals surface area (Å²) < 4.78 is 21.1. The number of para-hydroxylation sites is 1. The third-order valence-corrected chi connectivity index (χ3v) is 4.44. The fraction of sp³-hybridized carbons (Fsp3) is 0.474. The summed E-state index contributed by atoms with van der Waals surface area (Å²) in [7, 11) is 3.93. The molecular formula is C19H26FN5O2. The van der Waals surface area contributed by atoms with Crippen LogP contribution in [0, 0.1) is 5.82 Å². The number of amides is 1. The minimum absolute atomic E-state index is 0.0800. The van der Waals surface area contributed by atoms with Gasteiger partial charge >= 0.3 is 0 Å². The molecule has 1 saturated heterocycles. The van der Waals surface area contributed by atoms with E-state index in [1.165, 1.54) is 10.7 Å². The molecule has 146 valence electrons. The van der Waals surface area contributed by atoms with Gasteiger partial charge in [-0.15, -0.1) is 0 Å². The lowest BCUT2D eigenvalue weighted by Crippen LogP contribution is -2.50. The van der Waals surface area contributed by atoms with Gasteiger partial charge in [0, 0.05) is 44.5 Å². The maximum absolute atomic E-state index is 13.9. The molecule has 0 spiro atoms. The van der Waals surface area contributed by atoms with Crippen molar-refractivity contribution in [1.82, 2.24) is 24.9 Å². The van der Waals surface area contributed by atoms with E-state index in [0.29, 0.717) is 31.9 Å². The molecule has 0 bridgehead atoms. The molecule has 1 aliphatic rings. The van der Waals surface area contributed by atoms with E-state index >= 15 is 0 Å². The number of aromatic nitrogens is 2. The van der Waals surface area contributed by atoms with Crippen LogP contribution in [0.5, 0.6) is 0 Å². The number of hydrogen-bond acceptors (Lipinski definition) is 5.